The summed E-state index contributed by atoms with van der Waals surface area (Å²) in [6, 6.07) is 6.34. The van der Waals surface area contributed by atoms with Crippen molar-refractivity contribution in [3.63, 3.8) is 0 Å². The molecule has 0 fully saturated rings. The lowest BCUT2D eigenvalue weighted by atomic mass is 9.97. The summed E-state index contributed by atoms with van der Waals surface area (Å²) in [6.07, 6.45) is 7.85. The van der Waals surface area contributed by atoms with Gasteiger partial charge in [0, 0.05) is 18.7 Å². The molecule has 1 aromatic carbocycles. The molecule has 2 unspecified atom stereocenters. The lowest BCUT2D eigenvalue weighted by Crippen LogP contribution is -2.39. The Morgan fingerprint density at radius 1 is 0.976 bits per heavy atom. The third kappa shape index (κ3) is 9.22. The molecule has 0 amide bonds. The molecular weight excluding hydrogens is 556 g/mol. The van der Waals surface area contributed by atoms with Gasteiger partial charge < -0.3 is 9.84 Å². The smallest absolute Gasteiger partial charge is 0.343 e. The van der Waals surface area contributed by atoms with Crippen molar-refractivity contribution in [3.05, 3.63) is 45.7 Å². The number of aromatic nitrogens is 1. The predicted molar refractivity (Wildman–Crippen MR) is 165 cm³/mol. The predicted octanol–water partition coefficient (Wildman–Crippen LogP) is 7.40. The summed E-state index contributed by atoms with van der Waals surface area (Å²) >= 11 is 0. The summed E-state index contributed by atoms with van der Waals surface area (Å²) in [5, 5.41) is 18.4. The van der Waals surface area contributed by atoms with Crippen molar-refractivity contribution in [3.8, 4) is 5.88 Å². The Bertz CT molecular complexity index is 1340. The molecule has 0 aliphatic rings. The highest BCUT2D eigenvalue weighted by molar-refractivity contribution is 7.89. The first-order chi connectivity index (χ1) is 20.0. The maximum atomic E-state index is 14.3. The molecule has 0 radical (unpaired) electrons. The number of ether oxygens (including phenoxy) is 1. The number of benzene rings is 1. The number of pyridine rings is 1. The van der Waals surface area contributed by atoms with Crippen LogP contribution in [0.2, 0.25) is 0 Å². The number of unbranched alkanes of at least 4 members (excludes halogenated alkanes) is 2. The standard InChI is InChI=1S/C31H48N4O6S/c1-7-12-16-23(9-3)20-35(21-24(10-4)17-13-8-2)42(39,40)26-19-15-14-18-25(26)33-34-28-22(6)27(31(38)41-11-5)29(36)32-30(28)37/h14-15,18-19,23-24H,7-13,16-17,20-21H2,1-6H3,(H2,32,36,37). The SMILES string of the molecule is CCCCC(CC)CN(CC(CC)CCCC)S(=O)(=O)c1ccccc1N=Nc1c(C)c(C(=O)OCC)c(O)[nH]c1=O. The summed E-state index contributed by atoms with van der Waals surface area (Å²) in [7, 11) is -3.97. The van der Waals surface area contributed by atoms with Gasteiger partial charge in [-0.15, -0.1) is 10.2 Å². The van der Waals surface area contributed by atoms with E-state index in [0.717, 1.165) is 51.4 Å². The molecule has 1 aromatic heterocycles. The first-order valence-electron chi connectivity index (χ1n) is 15.2. The minimum Gasteiger partial charge on any atom is -0.494 e. The van der Waals surface area contributed by atoms with Gasteiger partial charge in [0.25, 0.3) is 5.56 Å². The minimum atomic E-state index is -3.97. The number of esters is 1. The van der Waals surface area contributed by atoms with E-state index in [1.165, 1.54) is 19.1 Å². The molecule has 0 bridgehead atoms. The van der Waals surface area contributed by atoms with Crippen LogP contribution < -0.4 is 5.56 Å². The van der Waals surface area contributed by atoms with Gasteiger partial charge in [-0.05, 0) is 50.7 Å². The van der Waals surface area contributed by atoms with Gasteiger partial charge >= 0.3 is 5.97 Å². The molecule has 0 aliphatic heterocycles. The van der Waals surface area contributed by atoms with Gasteiger partial charge in [-0.2, -0.15) is 4.31 Å². The number of carbonyl (C=O) groups is 1. The molecule has 1 heterocycles. The summed E-state index contributed by atoms with van der Waals surface area (Å²) in [5.74, 6) is -0.982. The number of H-pyrrole nitrogens is 1. The number of aromatic amines is 1. The van der Waals surface area contributed by atoms with E-state index in [-0.39, 0.29) is 45.8 Å². The van der Waals surface area contributed by atoms with E-state index < -0.39 is 27.4 Å². The molecule has 42 heavy (non-hydrogen) atoms. The molecule has 0 saturated carbocycles. The molecular formula is C31H48N4O6S. The van der Waals surface area contributed by atoms with Crippen LogP contribution in [0.1, 0.15) is 102 Å². The van der Waals surface area contributed by atoms with E-state index in [4.69, 9.17) is 4.74 Å². The quantitative estimate of drug-likeness (QED) is 0.134. The van der Waals surface area contributed by atoms with Gasteiger partial charge in [0.15, 0.2) is 5.69 Å². The van der Waals surface area contributed by atoms with Crippen LogP contribution in [0.5, 0.6) is 5.88 Å². The number of hydrogen-bond donors (Lipinski definition) is 2. The molecule has 11 heteroatoms. The highest BCUT2D eigenvalue weighted by atomic mass is 32.2. The average molecular weight is 605 g/mol. The fraction of sp³-hybridized carbons (Fsp3) is 0.613. The number of hydrogen-bond acceptors (Lipinski definition) is 8. The highest BCUT2D eigenvalue weighted by Crippen LogP contribution is 2.32. The number of nitrogens with one attached hydrogen (secondary N) is 1. The van der Waals surface area contributed by atoms with Gasteiger partial charge in [-0.1, -0.05) is 78.4 Å². The fourth-order valence-corrected chi connectivity index (χ4v) is 6.67. The molecule has 2 aromatic rings. The third-order valence-electron chi connectivity index (χ3n) is 7.64. The van der Waals surface area contributed by atoms with E-state index in [2.05, 4.69) is 42.9 Å². The van der Waals surface area contributed by atoms with E-state index in [0.29, 0.717) is 13.1 Å². The van der Waals surface area contributed by atoms with Crippen LogP contribution in [0.4, 0.5) is 11.4 Å². The van der Waals surface area contributed by atoms with Crippen molar-refractivity contribution in [1.29, 1.82) is 0 Å². The molecule has 0 spiro atoms. The van der Waals surface area contributed by atoms with Crippen LogP contribution in [0.3, 0.4) is 0 Å². The largest absolute Gasteiger partial charge is 0.494 e. The third-order valence-corrected chi connectivity index (χ3v) is 9.52. The second kappa shape index (κ2) is 17.2. The van der Waals surface area contributed by atoms with E-state index in [9.17, 15) is 23.1 Å². The number of aromatic hydroxyl groups is 1. The number of carbonyl (C=O) groups excluding carboxylic acids is 1. The molecule has 234 valence electrons. The molecule has 2 atom stereocenters. The number of rotatable bonds is 18. The Morgan fingerprint density at radius 3 is 2.07 bits per heavy atom. The van der Waals surface area contributed by atoms with Crippen molar-refractivity contribution in [1.82, 2.24) is 9.29 Å². The van der Waals surface area contributed by atoms with Crippen LogP contribution in [0, 0.1) is 18.8 Å². The van der Waals surface area contributed by atoms with Crippen LogP contribution in [-0.2, 0) is 14.8 Å². The van der Waals surface area contributed by atoms with Crippen LogP contribution in [0.25, 0.3) is 0 Å². The first kappa shape index (κ1) is 35.1. The molecule has 0 saturated heterocycles. The first-order valence-corrected chi connectivity index (χ1v) is 16.6. The zero-order valence-corrected chi connectivity index (χ0v) is 26.8. The van der Waals surface area contributed by atoms with Gasteiger partial charge in [-0.3, -0.25) is 9.78 Å². The topological polar surface area (TPSA) is 141 Å². The average Bonchev–Trinajstić information content (AvgIpc) is 2.96. The lowest BCUT2D eigenvalue weighted by Gasteiger charge is -2.30. The normalized spacial score (nSPS) is 13.5. The maximum Gasteiger partial charge on any atom is 0.343 e. The molecule has 0 aliphatic carbocycles. The van der Waals surface area contributed by atoms with Gasteiger partial charge in [0.05, 0.1) is 6.61 Å². The summed E-state index contributed by atoms with van der Waals surface area (Å²) in [6.45, 7) is 12.5. The Hall–Kier alpha value is -3.05. The van der Waals surface area contributed by atoms with Crippen molar-refractivity contribution in [2.45, 2.75) is 97.8 Å². The van der Waals surface area contributed by atoms with Crippen molar-refractivity contribution >= 4 is 27.4 Å². The van der Waals surface area contributed by atoms with E-state index in [1.54, 1.807) is 23.4 Å². The molecule has 2 N–H and O–H groups in total. The van der Waals surface area contributed by atoms with Crippen molar-refractivity contribution < 1.29 is 23.1 Å². The van der Waals surface area contributed by atoms with Crippen LogP contribution >= 0.6 is 0 Å². The Labute approximate surface area is 250 Å². The Morgan fingerprint density at radius 2 is 1.55 bits per heavy atom. The van der Waals surface area contributed by atoms with Crippen molar-refractivity contribution in [2.24, 2.45) is 22.1 Å². The molecule has 2 rings (SSSR count). The number of nitrogens with zero attached hydrogens (tertiary/aromatic N) is 3. The summed E-state index contributed by atoms with van der Waals surface area (Å²) in [5.41, 5.74) is -1.07. The fourth-order valence-electron chi connectivity index (χ4n) is 4.95. The minimum absolute atomic E-state index is 0.00270. The second-order valence-corrected chi connectivity index (χ2v) is 12.6. The maximum absolute atomic E-state index is 14.3. The van der Waals surface area contributed by atoms with Gasteiger partial charge in [0.1, 0.15) is 16.1 Å². The van der Waals surface area contributed by atoms with Crippen LogP contribution in [0.15, 0.2) is 44.2 Å². The monoisotopic (exact) mass is 604 g/mol. The summed E-state index contributed by atoms with van der Waals surface area (Å²) in [4.78, 5) is 27.2. The zero-order valence-electron chi connectivity index (χ0n) is 26.0. The van der Waals surface area contributed by atoms with Gasteiger partial charge in [-0.25, -0.2) is 13.2 Å². The van der Waals surface area contributed by atoms with Crippen LogP contribution in [-0.4, -0.2) is 48.5 Å². The van der Waals surface area contributed by atoms with E-state index in [1.807, 2.05) is 0 Å². The Balaban J connectivity index is 2.58. The zero-order chi connectivity index (χ0) is 31.3. The lowest BCUT2D eigenvalue weighted by molar-refractivity contribution is 0.0521. The highest BCUT2D eigenvalue weighted by Gasteiger charge is 2.31. The Kier molecular flexibility index (Phi) is 14.4. The molecule has 10 nitrogen and oxygen atoms in total. The van der Waals surface area contributed by atoms with Gasteiger partial charge in [0.2, 0.25) is 15.9 Å². The second-order valence-electron chi connectivity index (χ2n) is 10.7. The number of sulfonamides is 1. The van der Waals surface area contributed by atoms with Crippen molar-refractivity contribution in [2.75, 3.05) is 19.7 Å². The summed E-state index contributed by atoms with van der Waals surface area (Å²) < 4.78 is 35.1. The number of azo groups is 1. The van der Waals surface area contributed by atoms with E-state index >= 15 is 0 Å².